The van der Waals surface area contributed by atoms with E-state index in [-0.39, 0.29) is 5.38 Å². The number of hydrogen-bond donors (Lipinski definition) is 0. The van der Waals surface area contributed by atoms with Crippen molar-refractivity contribution in [2.45, 2.75) is 11.8 Å². The van der Waals surface area contributed by atoms with E-state index in [9.17, 15) is 8.78 Å². The molecule has 0 N–H and O–H groups in total. The minimum atomic E-state index is -0.842. The van der Waals surface area contributed by atoms with Crippen molar-refractivity contribution in [3.05, 3.63) is 67.2 Å². The standard InChI is InChI=1S/C14H9BrClF2I/c15-9-2-4-14(19)10(7-9)11(16)5-8-1-3-12(17)13(18)6-8/h1-4,6-7,11H,5H2. The van der Waals surface area contributed by atoms with Gasteiger partial charge >= 0.3 is 0 Å². The summed E-state index contributed by atoms with van der Waals surface area (Å²) in [6.45, 7) is 0. The maximum Gasteiger partial charge on any atom is 0.159 e. The highest BCUT2D eigenvalue weighted by atomic mass is 127. The lowest BCUT2D eigenvalue weighted by molar-refractivity contribution is 0.507. The van der Waals surface area contributed by atoms with E-state index in [1.165, 1.54) is 6.07 Å². The Balaban J connectivity index is 2.22. The SMILES string of the molecule is Fc1ccc(CC(Cl)c2cc(Br)ccc2I)cc1F. The van der Waals surface area contributed by atoms with E-state index >= 15 is 0 Å². The van der Waals surface area contributed by atoms with Crippen LogP contribution in [-0.2, 0) is 6.42 Å². The molecule has 100 valence electrons. The lowest BCUT2D eigenvalue weighted by atomic mass is 10.0. The molecule has 2 rings (SSSR count). The molecule has 0 bridgehead atoms. The van der Waals surface area contributed by atoms with Crippen molar-refractivity contribution in [3.63, 3.8) is 0 Å². The maximum atomic E-state index is 13.1. The third kappa shape index (κ3) is 3.89. The summed E-state index contributed by atoms with van der Waals surface area (Å²) < 4.78 is 28.0. The third-order valence-corrected chi connectivity index (χ3v) is 4.56. The number of alkyl halides is 1. The van der Waals surface area contributed by atoms with Gasteiger partial charge in [0.25, 0.3) is 0 Å². The molecule has 0 saturated carbocycles. The molecular formula is C14H9BrClF2I. The Bertz CT molecular complexity index is 604. The van der Waals surface area contributed by atoms with Crippen LogP contribution in [0.15, 0.2) is 40.9 Å². The predicted molar refractivity (Wildman–Crippen MR) is 85.5 cm³/mol. The van der Waals surface area contributed by atoms with Crippen LogP contribution in [0.5, 0.6) is 0 Å². The van der Waals surface area contributed by atoms with Gasteiger partial charge in [-0.3, -0.25) is 0 Å². The molecule has 1 unspecified atom stereocenters. The van der Waals surface area contributed by atoms with Gasteiger partial charge in [0.1, 0.15) is 0 Å². The zero-order chi connectivity index (χ0) is 14.0. The molecule has 0 aliphatic rings. The fourth-order valence-electron chi connectivity index (χ4n) is 1.74. The minimum absolute atomic E-state index is 0.283. The van der Waals surface area contributed by atoms with Crippen molar-refractivity contribution in [3.8, 4) is 0 Å². The number of halogens is 5. The van der Waals surface area contributed by atoms with Gasteiger partial charge < -0.3 is 0 Å². The highest BCUT2D eigenvalue weighted by Crippen LogP contribution is 2.31. The second-order valence-electron chi connectivity index (χ2n) is 4.09. The lowest BCUT2D eigenvalue weighted by Crippen LogP contribution is -1.99. The largest absolute Gasteiger partial charge is 0.204 e. The van der Waals surface area contributed by atoms with Crippen LogP contribution in [0.1, 0.15) is 16.5 Å². The van der Waals surface area contributed by atoms with Gasteiger partial charge in [0.15, 0.2) is 11.6 Å². The van der Waals surface area contributed by atoms with Gasteiger partial charge in [0.05, 0.1) is 5.38 Å². The molecule has 0 amide bonds. The molecule has 1 atom stereocenters. The fourth-order valence-corrected chi connectivity index (χ4v) is 3.37. The Morgan fingerprint density at radius 3 is 2.53 bits per heavy atom. The minimum Gasteiger partial charge on any atom is -0.204 e. The summed E-state index contributed by atoms with van der Waals surface area (Å²) in [6, 6.07) is 9.71. The summed E-state index contributed by atoms with van der Waals surface area (Å²) in [6.07, 6.45) is 0.450. The molecule has 0 aliphatic carbocycles. The van der Waals surface area contributed by atoms with Crippen molar-refractivity contribution in [1.82, 2.24) is 0 Å². The predicted octanol–water partition coefficient (Wildman–Crippen LogP) is 5.85. The lowest BCUT2D eigenvalue weighted by Gasteiger charge is -2.13. The van der Waals surface area contributed by atoms with Gasteiger partial charge in [0, 0.05) is 8.04 Å². The van der Waals surface area contributed by atoms with Gasteiger partial charge in [-0.05, 0) is 70.5 Å². The highest BCUT2D eigenvalue weighted by Gasteiger charge is 2.14. The van der Waals surface area contributed by atoms with E-state index in [2.05, 4.69) is 38.5 Å². The van der Waals surface area contributed by atoms with Crippen LogP contribution in [0.4, 0.5) is 8.78 Å². The molecule has 19 heavy (non-hydrogen) atoms. The van der Waals surface area contributed by atoms with Crippen LogP contribution >= 0.6 is 50.1 Å². The first kappa shape index (κ1) is 15.2. The van der Waals surface area contributed by atoms with E-state index in [0.29, 0.717) is 12.0 Å². The van der Waals surface area contributed by atoms with Crippen LogP contribution in [0, 0.1) is 15.2 Å². The number of rotatable bonds is 3. The third-order valence-electron chi connectivity index (χ3n) is 2.69. The Labute approximate surface area is 137 Å². The highest BCUT2D eigenvalue weighted by molar-refractivity contribution is 14.1. The molecule has 2 aromatic rings. The fraction of sp³-hybridized carbons (Fsp3) is 0.143. The zero-order valence-corrected chi connectivity index (χ0v) is 14.1. The second-order valence-corrected chi connectivity index (χ2v) is 6.69. The Kier molecular flexibility index (Phi) is 5.20. The monoisotopic (exact) mass is 456 g/mol. The van der Waals surface area contributed by atoms with Gasteiger partial charge in [-0.25, -0.2) is 8.78 Å². The molecule has 0 heterocycles. The van der Waals surface area contributed by atoms with Crippen molar-refractivity contribution >= 4 is 50.1 Å². The van der Waals surface area contributed by atoms with Crippen LogP contribution < -0.4 is 0 Å². The van der Waals surface area contributed by atoms with E-state index in [1.54, 1.807) is 6.07 Å². The first-order valence-electron chi connectivity index (χ1n) is 5.50. The summed E-state index contributed by atoms with van der Waals surface area (Å²) >= 11 is 12.0. The average molecular weight is 457 g/mol. The Morgan fingerprint density at radius 1 is 1.11 bits per heavy atom. The van der Waals surface area contributed by atoms with E-state index < -0.39 is 11.6 Å². The average Bonchev–Trinajstić information content (AvgIpc) is 2.36. The maximum absolute atomic E-state index is 13.1. The van der Waals surface area contributed by atoms with Crippen LogP contribution in [-0.4, -0.2) is 0 Å². The van der Waals surface area contributed by atoms with E-state index in [4.69, 9.17) is 11.6 Å². The molecule has 0 radical (unpaired) electrons. The van der Waals surface area contributed by atoms with Gasteiger partial charge in [0.2, 0.25) is 0 Å². The molecule has 0 aliphatic heterocycles. The van der Waals surface area contributed by atoms with Crippen molar-refractivity contribution in [1.29, 1.82) is 0 Å². The molecular weight excluding hydrogens is 448 g/mol. The van der Waals surface area contributed by atoms with E-state index in [1.807, 2.05) is 18.2 Å². The van der Waals surface area contributed by atoms with E-state index in [0.717, 1.165) is 19.7 Å². The van der Waals surface area contributed by atoms with Crippen molar-refractivity contribution < 1.29 is 8.78 Å². The van der Waals surface area contributed by atoms with Gasteiger partial charge in [-0.1, -0.05) is 22.0 Å². The molecule has 0 spiro atoms. The molecule has 0 fully saturated rings. The van der Waals surface area contributed by atoms with Crippen LogP contribution in [0.3, 0.4) is 0 Å². The van der Waals surface area contributed by atoms with Gasteiger partial charge in [-0.2, -0.15) is 0 Å². The molecule has 0 nitrogen and oxygen atoms in total. The first-order chi connectivity index (χ1) is 8.97. The second kappa shape index (κ2) is 6.50. The summed E-state index contributed by atoms with van der Waals surface area (Å²) in [5.41, 5.74) is 1.65. The Hall–Kier alpha value is -0.200. The Morgan fingerprint density at radius 2 is 1.84 bits per heavy atom. The van der Waals surface area contributed by atoms with Gasteiger partial charge in [-0.15, -0.1) is 11.6 Å². The first-order valence-corrected chi connectivity index (χ1v) is 7.81. The summed E-state index contributed by atoms with van der Waals surface area (Å²) in [4.78, 5) is 0. The zero-order valence-electron chi connectivity index (χ0n) is 9.64. The van der Waals surface area contributed by atoms with Crippen LogP contribution in [0.2, 0.25) is 0 Å². The topological polar surface area (TPSA) is 0 Å². The molecule has 0 aromatic heterocycles. The normalized spacial score (nSPS) is 12.5. The smallest absolute Gasteiger partial charge is 0.159 e. The van der Waals surface area contributed by atoms with Crippen molar-refractivity contribution in [2.75, 3.05) is 0 Å². The summed E-state index contributed by atoms with van der Waals surface area (Å²) in [5.74, 6) is -1.68. The molecule has 2 aromatic carbocycles. The molecule has 0 saturated heterocycles. The quantitative estimate of drug-likeness (QED) is 0.400. The number of hydrogen-bond acceptors (Lipinski definition) is 0. The number of benzene rings is 2. The van der Waals surface area contributed by atoms with Crippen LogP contribution in [0.25, 0.3) is 0 Å². The summed E-state index contributed by atoms with van der Waals surface area (Å²) in [5, 5.41) is -0.283. The van der Waals surface area contributed by atoms with Crippen molar-refractivity contribution in [2.24, 2.45) is 0 Å². The molecule has 5 heteroatoms. The summed E-state index contributed by atoms with van der Waals surface area (Å²) in [7, 11) is 0.